The van der Waals surface area contributed by atoms with Gasteiger partial charge in [-0.1, -0.05) is 91.0 Å². The molecule has 3 aromatic carbocycles. The van der Waals surface area contributed by atoms with Gasteiger partial charge in [0.15, 0.2) is 5.60 Å². The van der Waals surface area contributed by atoms with E-state index in [0.717, 1.165) is 16.9 Å². The quantitative estimate of drug-likeness (QED) is 0.449. The number of nitrogens with zero attached hydrogens (tertiary/aromatic N) is 1. The molecular weight excluding hydrogens is 386 g/mol. The minimum absolute atomic E-state index is 0.0871. The maximum atomic E-state index is 11.4. The van der Waals surface area contributed by atoms with Crippen LogP contribution in [0.1, 0.15) is 36.0 Å². The molecule has 0 aromatic heterocycles. The molecule has 0 aliphatic carbocycles. The van der Waals surface area contributed by atoms with E-state index in [1.54, 1.807) is 0 Å². The lowest BCUT2D eigenvalue weighted by Gasteiger charge is -2.41. The molecule has 5 nitrogen and oxygen atoms in total. The van der Waals surface area contributed by atoms with Gasteiger partial charge in [-0.25, -0.2) is 10.2 Å². The highest BCUT2D eigenvalue weighted by Gasteiger charge is 2.44. The number of allylic oxidation sites excluding steroid dienone is 1. The molecule has 0 fully saturated rings. The number of carbonyl (C=O) groups is 1. The van der Waals surface area contributed by atoms with Crippen molar-refractivity contribution >= 4 is 17.5 Å². The second kappa shape index (κ2) is 8.88. The summed E-state index contributed by atoms with van der Waals surface area (Å²) in [5.41, 5.74) is 10.5. The summed E-state index contributed by atoms with van der Waals surface area (Å²) in [7, 11) is 0. The van der Waals surface area contributed by atoms with E-state index < -0.39 is 11.6 Å². The Balaban J connectivity index is 1.88. The summed E-state index contributed by atoms with van der Waals surface area (Å²) in [6.07, 6.45) is 2.80. The standard InChI is InChI=1S/C26H25N3O2/c1-19(28-29-25(27)30)26(23-15-9-4-10-16-23)18-22(20-11-5-2-6-12-20)17-24(31-26)21-13-7-3-8-14-21/h2-17,22H,18H2,1H3,(H3,27,29,30)/b28-19+. The Morgan fingerprint density at radius 2 is 1.55 bits per heavy atom. The highest BCUT2D eigenvalue weighted by atomic mass is 16.5. The maximum absolute atomic E-state index is 11.4. The van der Waals surface area contributed by atoms with Crippen molar-refractivity contribution in [1.82, 2.24) is 5.43 Å². The van der Waals surface area contributed by atoms with Crippen LogP contribution in [-0.2, 0) is 10.3 Å². The summed E-state index contributed by atoms with van der Waals surface area (Å²) in [5.74, 6) is 0.863. The zero-order chi connectivity index (χ0) is 21.7. The molecule has 0 saturated heterocycles. The molecule has 0 bridgehead atoms. The second-order valence-electron chi connectivity index (χ2n) is 7.59. The molecule has 156 valence electrons. The second-order valence-corrected chi connectivity index (χ2v) is 7.59. The molecule has 0 spiro atoms. The number of primary amides is 1. The van der Waals surface area contributed by atoms with Crippen molar-refractivity contribution in [3.8, 4) is 0 Å². The van der Waals surface area contributed by atoms with Gasteiger partial charge in [-0.15, -0.1) is 0 Å². The van der Waals surface area contributed by atoms with Crippen LogP contribution >= 0.6 is 0 Å². The van der Waals surface area contributed by atoms with Crippen LogP contribution in [0.2, 0.25) is 0 Å². The molecular formula is C26H25N3O2. The third-order valence-electron chi connectivity index (χ3n) is 5.59. The van der Waals surface area contributed by atoms with E-state index in [1.165, 1.54) is 5.56 Å². The lowest BCUT2D eigenvalue weighted by molar-refractivity contribution is 0.0794. The van der Waals surface area contributed by atoms with E-state index in [0.29, 0.717) is 12.1 Å². The number of nitrogens with two attached hydrogens (primary N) is 1. The lowest BCUT2D eigenvalue weighted by atomic mass is 9.76. The van der Waals surface area contributed by atoms with Crippen molar-refractivity contribution in [3.63, 3.8) is 0 Å². The van der Waals surface area contributed by atoms with Gasteiger partial charge >= 0.3 is 6.03 Å². The summed E-state index contributed by atoms with van der Waals surface area (Å²) in [5, 5.41) is 4.29. The number of carbonyl (C=O) groups excluding carboxylic acids is 1. The smallest absolute Gasteiger partial charge is 0.332 e. The molecule has 2 amide bonds. The van der Waals surface area contributed by atoms with E-state index >= 15 is 0 Å². The average molecular weight is 412 g/mol. The Hall–Kier alpha value is -3.86. The molecule has 2 unspecified atom stereocenters. The number of urea groups is 1. The van der Waals surface area contributed by atoms with Crippen molar-refractivity contribution in [1.29, 1.82) is 0 Å². The van der Waals surface area contributed by atoms with Crippen molar-refractivity contribution in [2.75, 3.05) is 0 Å². The highest BCUT2D eigenvalue weighted by Crippen LogP contribution is 2.46. The normalized spacial score (nSPS) is 21.0. The third-order valence-corrected chi connectivity index (χ3v) is 5.59. The van der Waals surface area contributed by atoms with E-state index in [2.05, 4.69) is 28.7 Å². The van der Waals surface area contributed by atoms with Crippen LogP contribution in [0.25, 0.3) is 5.76 Å². The van der Waals surface area contributed by atoms with Crippen LogP contribution in [0.5, 0.6) is 0 Å². The Kier molecular flexibility index (Phi) is 5.85. The summed E-state index contributed by atoms with van der Waals surface area (Å²) in [4.78, 5) is 11.4. The van der Waals surface area contributed by atoms with E-state index in [1.807, 2.05) is 85.8 Å². The summed E-state index contributed by atoms with van der Waals surface area (Å²) in [6.45, 7) is 1.86. The Morgan fingerprint density at radius 1 is 0.968 bits per heavy atom. The van der Waals surface area contributed by atoms with Gasteiger partial charge in [0.1, 0.15) is 5.76 Å². The van der Waals surface area contributed by atoms with Crippen molar-refractivity contribution in [2.45, 2.75) is 24.9 Å². The predicted molar refractivity (Wildman–Crippen MR) is 123 cm³/mol. The molecule has 1 aliphatic heterocycles. The molecule has 1 heterocycles. The maximum Gasteiger partial charge on any atom is 0.332 e. The fraction of sp³-hybridized carbons (Fsp3) is 0.154. The summed E-state index contributed by atoms with van der Waals surface area (Å²) in [6, 6.07) is 29.6. The monoisotopic (exact) mass is 411 g/mol. The van der Waals surface area contributed by atoms with Crippen LogP contribution in [-0.4, -0.2) is 11.7 Å². The van der Waals surface area contributed by atoms with Crippen molar-refractivity contribution in [2.24, 2.45) is 10.8 Å². The SMILES string of the molecule is C/C(=N\NC(N)=O)C1(c2ccccc2)CC(c2ccccc2)C=C(c2ccccc2)O1. The van der Waals surface area contributed by atoms with Gasteiger partial charge in [0, 0.05) is 23.5 Å². The van der Waals surface area contributed by atoms with Crippen LogP contribution in [0, 0.1) is 0 Å². The zero-order valence-corrected chi connectivity index (χ0v) is 17.4. The van der Waals surface area contributed by atoms with E-state index in [-0.39, 0.29) is 5.92 Å². The average Bonchev–Trinajstić information content (AvgIpc) is 2.83. The number of hydrogen-bond donors (Lipinski definition) is 2. The van der Waals surface area contributed by atoms with Gasteiger partial charge in [-0.2, -0.15) is 5.10 Å². The van der Waals surface area contributed by atoms with Crippen LogP contribution < -0.4 is 11.2 Å². The minimum atomic E-state index is -0.871. The number of rotatable bonds is 5. The molecule has 1 aliphatic rings. The highest BCUT2D eigenvalue weighted by molar-refractivity contribution is 5.93. The van der Waals surface area contributed by atoms with Gasteiger partial charge in [-0.3, -0.25) is 0 Å². The Morgan fingerprint density at radius 3 is 2.16 bits per heavy atom. The largest absolute Gasteiger partial charge is 0.476 e. The Bertz CT molecular complexity index is 1100. The predicted octanol–water partition coefficient (Wildman–Crippen LogP) is 5.17. The molecule has 31 heavy (non-hydrogen) atoms. The molecule has 3 N–H and O–H groups in total. The van der Waals surface area contributed by atoms with Crippen LogP contribution in [0.3, 0.4) is 0 Å². The first-order valence-corrected chi connectivity index (χ1v) is 10.3. The number of hydrazone groups is 1. The molecule has 0 saturated carbocycles. The van der Waals surface area contributed by atoms with Gasteiger partial charge < -0.3 is 10.5 Å². The molecule has 5 heteroatoms. The topological polar surface area (TPSA) is 76.7 Å². The fourth-order valence-corrected chi connectivity index (χ4v) is 4.03. The first-order valence-electron chi connectivity index (χ1n) is 10.3. The lowest BCUT2D eigenvalue weighted by Crippen LogP contribution is -2.42. The first-order chi connectivity index (χ1) is 15.1. The van der Waals surface area contributed by atoms with E-state index in [9.17, 15) is 4.79 Å². The Labute approximate surface area is 182 Å². The van der Waals surface area contributed by atoms with Crippen LogP contribution in [0.4, 0.5) is 4.79 Å². The van der Waals surface area contributed by atoms with Crippen LogP contribution in [0.15, 0.2) is 102 Å². The number of nitrogens with one attached hydrogen (secondary N) is 1. The van der Waals surface area contributed by atoms with Gasteiger partial charge in [0.25, 0.3) is 0 Å². The van der Waals surface area contributed by atoms with Crippen molar-refractivity contribution in [3.05, 3.63) is 114 Å². The fourth-order valence-electron chi connectivity index (χ4n) is 4.03. The molecule has 3 aromatic rings. The molecule has 0 radical (unpaired) electrons. The number of amides is 2. The number of benzene rings is 3. The van der Waals surface area contributed by atoms with Gasteiger partial charge in [0.05, 0.1) is 5.71 Å². The zero-order valence-electron chi connectivity index (χ0n) is 17.4. The summed E-state index contributed by atoms with van der Waals surface area (Å²) >= 11 is 0. The minimum Gasteiger partial charge on any atom is -0.476 e. The number of ether oxygens (including phenoxy) is 1. The van der Waals surface area contributed by atoms with Crippen molar-refractivity contribution < 1.29 is 9.53 Å². The number of hydrogen-bond acceptors (Lipinski definition) is 3. The molecule has 4 rings (SSSR count). The van der Waals surface area contributed by atoms with Gasteiger partial charge in [-0.05, 0) is 18.6 Å². The van der Waals surface area contributed by atoms with E-state index in [4.69, 9.17) is 10.5 Å². The first kappa shape index (κ1) is 20.4. The molecule has 2 atom stereocenters. The summed E-state index contributed by atoms with van der Waals surface area (Å²) < 4.78 is 6.73. The third kappa shape index (κ3) is 4.36. The van der Waals surface area contributed by atoms with Gasteiger partial charge in [0.2, 0.25) is 0 Å².